The maximum absolute atomic E-state index is 12.3. The molecule has 0 radical (unpaired) electrons. The summed E-state index contributed by atoms with van der Waals surface area (Å²) >= 11 is 0. The lowest BCUT2D eigenvalue weighted by Crippen LogP contribution is -2.37. The fourth-order valence-corrected chi connectivity index (χ4v) is 2.80. The monoisotopic (exact) mass is 370 g/mol. The molecule has 2 N–H and O–H groups in total. The zero-order chi connectivity index (χ0) is 19.4. The number of amides is 2. The third-order valence-electron chi connectivity index (χ3n) is 4.12. The van der Waals surface area contributed by atoms with Gasteiger partial charge in [0.15, 0.2) is 11.5 Å². The molecule has 1 aliphatic heterocycles. The molecule has 7 heteroatoms. The van der Waals surface area contributed by atoms with Crippen molar-refractivity contribution in [1.29, 1.82) is 0 Å². The molecule has 1 unspecified atom stereocenters. The van der Waals surface area contributed by atoms with Crippen molar-refractivity contribution < 1.29 is 23.8 Å². The largest absolute Gasteiger partial charge is 0.494 e. The molecule has 2 amide bonds. The minimum Gasteiger partial charge on any atom is -0.494 e. The van der Waals surface area contributed by atoms with E-state index in [-0.39, 0.29) is 12.8 Å². The van der Waals surface area contributed by atoms with Crippen molar-refractivity contribution in [3.8, 4) is 17.2 Å². The van der Waals surface area contributed by atoms with E-state index in [1.165, 1.54) is 0 Å². The summed E-state index contributed by atoms with van der Waals surface area (Å²) in [5.74, 6) is 0.333. The van der Waals surface area contributed by atoms with Gasteiger partial charge in [-0.1, -0.05) is 17.7 Å². The highest BCUT2D eigenvalue weighted by Crippen LogP contribution is 2.34. The van der Waals surface area contributed by atoms with Crippen molar-refractivity contribution in [3.63, 3.8) is 0 Å². The fourth-order valence-electron chi connectivity index (χ4n) is 2.80. The third-order valence-corrected chi connectivity index (χ3v) is 4.12. The van der Waals surface area contributed by atoms with Crippen LogP contribution in [0.4, 0.5) is 5.69 Å². The lowest BCUT2D eigenvalue weighted by molar-refractivity contribution is -0.136. The molecule has 0 aromatic heterocycles. The van der Waals surface area contributed by atoms with Crippen LogP contribution in [0, 0.1) is 6.92 Å². The quantitative estimate of drug-likeness (QED) is 0.791. The molecule has 0 saturated carbocycles. The van der Waals surface area contributed by atoms with Crippen LogP contribution >= 0.6 is 0 Å². The second kappa shape index (κ2) is 7.99. The summed E-state index contributed by atoms with van der Waals surface area (Å²) in [6, 6.07) is 10.3. The molecule has 0 fully saturated rings. The molecule has 0 aliphatic carbocycles. The zero-order valence-corrected chi connectivity index (χ0v) is 15.5. The molecule has 1 atom stereocenters. The molecule has 3 rings (SSSR count). The van der Waals surface area contributed by atoms with Crippen LogP contribution in [0.2, 0.25) is 0 Å². The van der Waals surface area contributed by atoms with Gasteiger partial charge in [-0.25, -0.2) is 0 Å². The van der Waals surface area contributed by atoms with E-state index >= 15 is 0 Å². The summed E-state index contributed by atoms with van der Waals surface area (Å²) < 4.78 is 16.1. The number of fused-ring (bicyclic) bond motifs is 1. The zero-order valence-electron chi connectivity index (χ0n) is 15.5. The molecule has 1 aliphatic rings. The molecular weight excluding hydrogens is 348 g/mol. The number of anilines is 1. The molecule has 27 heavy (non-hydrogen) atoms. The molecule has 2 aromatic carbocycles. The minimum absolute atomic E-state index is 0.142. The van der Waals surface area contributed by atoms with Crippen LogP contribution in [0.1, 0.15) is 31.0 Å². The van der Waals surface area contributed by atoms with Crippen molar-refractivity contribution in [2.75, 3.05) is 18.7 Å². The second-order valence-corrected chi connectivity index (χ2v) is 6.19. The first-order chi connectivity index (χ1) is 13.0. The van der Waals surface area contributed by atoms with E-state index < -0.39 is 11.8 Å². The lowest BCUT2D eigenvalue weighted by Gasteiger charge is -2.18. The normalized spacial score (nSPS) is 13.0. The Labute approximate surface area is 157 Å². The van der Waals surface area contributed by atoms with E-state index in [4.69, 9.17) is 14.2 Å². The second-order valence-electron chi connectivity index (χ2n) is 6.19. The van der Waals surface area contributed by atoms with Crippen molar-refractivity contribution in [2.24, 2.45) is 0 Å². The van der Waals surface area contributed by atoms with E-state index in [1.54, 1.807) is 18.2 Å². The van der Waals surface area contributed by atoms with E-state index in [9.17, 15) is 9.59 Å². The number of carbonyl (C=O) groups excluding carboxylic acids is 2. The molecule has 0 spiro atoms. The molecule has 1 heterocycles. The van der Waals surface area contributed by atoms with Gasteiger partial charge in [0.05, 0.1) is 12.6 Å². The highest BCUT2D eigenvalue weighted by atomic mass is 16.7. The van der Waals surface area contributed by atoms with E-state index in [0.29, 0.717) is 29.5 Å². The van der Waals surface area contributed by atoms with Crippen LogP contribution in [0.5, 0.6) is 17.2 Å². The van der Waals surface area contributed by atoms with Gasteiger partial charge in [-0.05, 0) is 39.0 Å². The predicted octanol–water partition coefficient (Wildman–Crippen LogP) is 2.94. The van der Waals surface area contributed by atoms with E-state index in [2.05, 4.69) is 10.6 Å². The summed E-state index contributed by atoms with van der Waals surface area (Å²) in [7, 11) is 0. The number of hydrogen-bond acceptors (Lipinski definition) is 5. The van der Waals surface area contributed by atoms with Gasteiger partial charge in [0.25, 0.3) is 0 Å². The summed E-state index contributed by atoms with van der Waals surface area (Å²) in [4.78, 5) is 24.5. The van der Waals surface area contributed by atoms with Gasteiger partial charge < -0.3 is 24.8 Å². The van der Waals surface area contributed by atoms with Gasteiger partial charge in [0.2, 0.25) is 6.79 Å². The Kier molecular flexibility index (Phi) is 5.49. The van der Waals surface area contributed by atoms with Crippen LogP contribution in [0.15, 0.2) is 36.4 Å². The SMILES string of the molecule is CCOc1ccc(C)cc1C(C)NC(=O)C(=O)Nc1ccc2c(c1)OCO2. The van der Waals surface area contributed by atoms with Gasteiger partial charge in [-0.3, -0.25) is 9.59 Å². The van der Waals surface area contributed by atoms with Crippen LogP contribution in [0.25, 0.3) is 0 Å². The van der Waals surface area contributed by atoms with Crippen LogP contribution in [-0.4, -0.2) is 25.2 Å². The summed E-state index contributed by atoms with van der Waals surface area (Å²) in [5.41, 5.74) is 2.32. The number of nitrogens with one attached hydrogen (secondary N) is 2. The molecule has 0 bridgehead atoms. The number of ether oxygens (including phenoxy) is 3. The number of hydrogen-bond donors (Lipinski definition) is 2. The van der Waals surface area contributed by atoms with Crippen molar-refractivity contribution in [1.82, 2.24) is 5.32 Å². The predicted molar refractivity (Wildman–Crippen MR) is 100 cm³/mol. The highest BCUT2D eigenvalue weighted by molar-refractivity contribution is 6.39. The molecular formula is C20H22N2O5. The number of benzene rings is 2. The Balaban J connectivity index is 1.66. The average molecular weight is 370 g/mol. The molecule has 0 saturated heterocycles. The first kappa shape index (κ1) is 18.6. The fraction of sp³-hybridized carbons (Fsp3) is 0.300. The molecule has 2 aromatic rings. The Morgan fingerprint density at radius 2 is 1.89 bits per heavy atom. The Morgan fingerprint density at radius 3 is 2.67 bits per heavy atom. The van der Waals surface area contributed by atoms with Gasteiger partial charge in [-0.2, -0.15) is 0 Å². The van der Waals surface area contributed by atoms with Crippen molar-refractivity contribution in [3.05, 3.63) is 47.5 Å². The highest BCUT2D eigenvalue weighted by Gasteiger charge is 2.21. The first-order valence-electron chi connectivity index (χ1n) is 8.72. The van der Waals surface area contributed by atoms with Gasteiger partial charge in [0, 0.05) is 17.3 Å². The first-order valence-corrected chi connectivity index (χ1v) is 8.72. The number of aryl methyl sites for hydroxylation is 1. The minimum atomic E-state index is -0.758. The standard InChI is InChI=1S/C20H22N2O5/c1-4-25-16-7-5-12(2)9-15(16)13(3)21-19(23)20(24)22-14-6-8-17-18(10-14)27-11-26-17/h5-10,13H,4,11H2,1-3H3,(H,21,23)(H,22,24). The smallest absolute Gasteiger partial charge is 0.313 e. The van der Waals surface area contributed by atoms with Crippen molar-refractivity contribution >= 4 is 17.5 Å². The Morgan fingerprint density at radius 1 is 1.11 bits per heavy atom. The van der Waals surface area contributed by atoms with Crippen molar-refractivity contribution in [2.45, 2.75) is 26.8 Å². The van der Waals surface area contributed by atoms with Crippen LogP contribution in [-0.2, 0) is 9.59 Å². The number of carbonyl (C=O) groups is 2. The third kappa shape index (κ3) is 4.31. The maximum atomic E-state index is 12.3. The van der Waals surface area contributed by atoms with Crippen LogP contribution in [0.3, 0.4) is 0 Å². The lowest BCUT2D eigenvalue weighted by atomic mass is 10.0. The molecule has 7 nitrogen and oxygen atoms in total. The average Bonchev–Trinajstić information content (AvgIpc) is 3.11. The van der Waals surface area contributed by atoms with E-state index in [1.807, 2.05) is 39.0 Å². The maximum Gasteiger partial charge on any atom is 0.313 e. The molecule has 142 valence electrons. The van der Waals surface area contributed by atoms with Gasteiger partial charge >= 0.3 is 11.8 Å². The Hall–Kier alpha value is -3.22. The number of rotatable bonds is 5. The topological polar surface area (TPSA) is 85.9 Å². The summed E-state index contributed by atoms with van der Waals surface area (Å²) in [5, 5.41) is 5.27. The van der Waals surface area contributed by atoms with Gasteiger partial charge in [-0.15, -0.1) is 0 Å². The van der Waals surface area contributed by atoms with E-state index in [0.717, 1.165) is 11.1 Å². The van der Waals surface area contributed by atoms with Crippen LogP contribution < -0.4 is 24.8 Å². The summed E-state index contributed by atoms with van der Waals surface area (Å²) in [6.07, 6.45) is 0. The summed E-state index contributed by atoms with van der Waals surface area (Å²) in [6.45, 7) is 6.32. The Bertz CT molecular complexity index is 865. The van der Waals surface area contributed by atoms with Gasteiger partial charge in [0.1, 0.15) is 5.75 Å².